The van der Waals surface area contributed by atoms with Crippen molar-refractivity contribution in [2.75, 3.05) is 5.32 Å². The van der Waals surface area contributed by atoms with Gasteiger partial charge in [0, 0.05) is 16.3 Å². The monoisotopic (exact) mass is 287 g/mol. The maximum absolute atomic E-state index is 12.5. The van der Waals surface area contributed by atoms with Crippen molar-refractivity contribution in [2.24, 2.45) is 0 Å². The number of aryl methyl sites for hydroxylation is 4. The minimum Gasteiger partial charge on any atom is -0.322 e. The molecule has 0 aromatic heterocycles. The highest BCUT2D eigenvalue weighted by molar-refractivity contribution is 6.30. The van der Waals surface area contributed by atoms with E-state index in [9.17, 15) is 4.79 Å². The first-order valence-electron chi connectivity index (χ1n) is 6.54. The topological polar surface area (TPSA) is 29.1 Å². The SMILES string of the molecule is Cc1cc(C)c(C(=O)Nc2ccc(Cl)cc2C)c(C)c1. The van der Waals surface area contributed by atoms with Crippen LogP contribution in [0.25, 0.3) is 0 Å². The number of rotatable bonds is 2. The first kappa shape index (κ1) is 14.6. The van der Waals surface area contributed by atoms with E-state index in [2.05, 4.69) is 5.32 Å². The van der Waals surface area contributed by atoms with Crippen molar-refractivity contribution < 1.29 is 4.79 Å². The molecule has 0 aliphatic rings. The van der Waals surface area contributed by atoms with Crippen LogP contribution < -0.4 is 5.32 Å². The largest absolute Gasteiger partial charge is 0.322 e. The quantitative estimate of drug-likeness (QED) is 0.842. The van der Waals surface area contributed by atoms with Crippen LogP contribution in [0.4, 0.5) is 5.69 Å². The van der Waals surface area contributed by atoms with Crippen molar-refractivity contribution in [3.63, 3.8) is 0 Å². The Morgan fingerprint density at radius 2 is 1.55 bits per heavy atom. The van der Waals surface area contributed by atoms with E-state index in [0.717, 1.165) is 27.9 Å². The van der Waals surface area contributed by atoms with Crippen LogP contribution in [-0.4, -0.2) is 5.91 Å². The van der Waals surface area contributed by atoms with Crippen LogP contribution >= 0.6 is 11.6 Å². The van der Waals surface area contributed by atoms with Gasteiger partial charge in [0.05, 0.1) is 0 Å². The second kappa shape index (κ2) is 5.68. The number of halogens is 1. The average molecular weight is 288 g/mol. The van der Waals surface area contributed by atoms with Gasteiger partial charge in [-0.25, -0.2) is 0 Å². The zero-order chi connectivity index (χ0) is 14.9. The summed E-state index contributed by atoms with van der Waals surface area (Å²) in [5.74, 6) is -0.0783. The predicted molar refractivity (Wildman–Crippen MR) is 84.8 cm³/mol. The molecule has 0 spiro atoms. The Hall–Kier alpha value is -1.80. The van der Waals surface area contributed by atoms with Gasteiger partial charge in [-0.2, -0.15) is 0 Å². The minimum absolute atomic E-state index is 0.0783. The Labute approximate surface area is 124 Å². The maximum atomic E-state index is 12.5. The first-order valence-corrected chi connectivity index (χ1v) is 6.91. The fourth-order valence-electron chi connectivity index (χ4n) is 2.49. The van der Waals surface area contributed by atoms with Crippen LogP contribution in [-0.2, 0) is 0 Å². The normalized spacial score (nSPS) is 10.4. The Kier molecular flexibility index (Phi) is 4.15. The molecule has 0 heterocycles. The molecular weight excluding hydrogens is 270 g/mol. The van der Waals surface area contributed by atoms with Gasteiger partial charge in [0.15, 0.2) is 0 Å². The van der Waals surface area contributed by atoms with Crippen molar-refractivity contribution in [3.05, 3.63) is 63.2 Å². The van der Waals surface area contributed by atoms with Gasteiger partial charge in [0.2, 0.25) is 0 Å². The van der Waals surface area contributed by atoms with Crippen LogP contribution in [0.5, 0.6) is 0 Å². The second-order valence-corrected chi connectivity index (χ2v) is 5.62. The molecule has 2 aromatic carbocycles. The molecule has 0 aliphatic carbocycles. The third-order valence-corrected chi connectivity index (χ3v) is 3.58. The molecule has 20 heavy (non-hydrogen) atoms. The second-order valence-electron chi connectivity index (χ2n) is 5.19. The summed E-state index contributed by atoms with van der Waals surface area (Å²) in [6.45, 7) is 7.88. The Balaban J connectivity index is 2.33. The molecule has 1 amide bonds. The zero-order valence-corrected chi connectivity index (χ0v) is 12.9. The standard InChI is InChI=1S/C17H18ClNO/c1-10-7-12(3)16(13(4)8-10)17(20)19-15-6-5-14(18)9-11(15)2/h5-9H,1-4H3,(H,19,20). The molecule has 0 aliphatic heterocycles. The van der Waals surface area contributed by atoms with E-state index < -0.39 is 0 Å². The van der Waals surface area contributed by atoms with Crippen LogP contribution in [0.1, 0.15) is 32.6 Å². The molecule has 0 atom stereocenters. The molecule has 3 heteroatoms. The molecule has 104 valence electrons. The lowest BCUT2D eigenvalue weighted by molar-refractivity contribution is 0.102. The molecule has 0 fully saturated rings. The number of benzene rings is 2. The van der Waals surface area contributed by atoms with Crippen molar-refractivity contribution in [1.82, 2.24) is 0 Å². The summed E-state index contributed by atoms with van der Waals surface area (Å²) in [6, 6.07) is 9.49. The number of hydrogen-bond acceptors (Lipinski definition) is 1. The van der Waals surface area contributed by atoms with Gasteiger partial charge in [-0.3, -0.25) is 4.79 Å². The van der Waals surface area contributed by atoms with Gasteiger partial charge in [-0.1, -0.05) is 29.3 Å². The molecule has 0 saturated carbocycles. The molecule has 0 radical (unpaired) electrons. The van der Waals surface area contributed by atoms with Crippen LogP contribution in [0.15, 0.2) is 30.3 Å². The van der Waals surface area contributed by atoms with Crippen molar-refractivity contribution in [2.45, 2.75) is 27.7 Å². The van der Waals surface area contributed by atoms with Crippen molar-refractivity contribution in [3.8, 4) is 0 Å². The van der Waals surface area contributed by atoms with Gasteiger partial charge in [-0.05, 0) is 62.6 Å². The lowest BCUT2D eigenvalue weighted by atomic mass is 9.99. The molecule has 0 bridgehead atoms. The van der Waals surface area contributed by atoms with Crippen LogP contribution in [0.3, 0.4) is 0 Å². The molecule has 0 saturated heterocycles. The summed E-state index contributed by atoms with van der Waals surface area (Å²) < 4.78 is 0. The molecule has 2 nitrogen and oxygen atoms in total. The number of anilines is 1. The zero-order valence-electron chi connectivity index (χ0n) is 12.2. The van der Waals surface area contributed by atoms with E-state index in [4.69, 9.17) is 11.6 Å². The minimum atomic E-state index is -0.0783. The number of amides is 1. The molecule has 1 N–H and O–H groups in total. The smallest absolute Gasteiger partial charge is 0.256 e. The van der Waals surface area contributed by atoms with E-state index in [1.807, 2.05) is 52.0 Å². The maximum Gasteiger partial charge on any atom is 0.256 e. The summed E-state index contributed by atoms with van der Waals surface area (Å²) >= 11 is 5.93. The Morgan fingerprint density at radius 1 is 0.950 bits per heavy atom. The summed E-state index contributed by atoms with van der Waals surface area (Å²) in [6.07, 6.45) is 0. The average Bonchev–Trinajstić information content (AvgIpc) is 2.31. The Morgan fingerprint density at radius 3 is 2.10 bits per heavy atom. The predicted octanol–water partition coefficient (Wildman–Crippen LogP) is 4.83. The highest BCUT2D eigenvalue weighted by atomic mass is 35.5. The van der Waals surface area contributed by atoms with E-state index in [1.54, 1.807) is 6.07 Å². The van der Waals surface area contributed by atoms with E-state index in [-0.39, 0.29) is 5.91 Å². The number of carbonyl (C=O) groups is 1. The molecule has 2 aromatic rings. The Bertz CT molecular complexity index is 654. The van der Waals surface area contributed by atoms with Crippen molar-refractivity contribution in [1.29, 1.82) is 0 Å². The van der Waals surface area contributed by atoms with Gasteiger partial charge in [0.1, 0.15) is 0 Å². The first-order chi connectivity index (χ1) is 9.38. The lowest BCUT2D eigenvalue weighted by Gasteiger charge is -2.13. The third-order valence-electron chi connectivity index (χ3n) is 3.34. The van der Waals surface area contributed by atoms with E-state index in [1.165, 1.54) is 5.56 Å². The van der Waals surface area contributed by atoms with Gasteiger partial charge in [-0.15, -0.1) is 0 Å². The van der Waals surface area contributed by atoms with Gasteiger partial charge < -0.3 is 5.32 Å². The highest BCUT2D eigenvalue weighted by Gasteiger charge is 2.13. The van der Waals surface area contributed by atoms with E-state index in [0.29, 0.717) is 5.02 Å². The fourth-order valence-corrected chi connectivity index (χ4v) is 2.72. The van der Waals surface area contributed by atoms with Crippen LogP contribution in [0.2, 0.25) is 5.02 Å². The van der Waals surface area contributed by atoms with Gasteiger partial charge in [0.25, 0.3) is 5.91 Å². The van der Waals surface area contributed by atoms with E-state index >= 15 is 0 Å². The fraction of sp³-hybridized carbons (Fsp3) is 0.235. The summed E-state index contributed by atoms with van der Waals surface area (Å²) in [5, 5.41) is 3.63. The molecule has 2 rings (SSSR count). The highest BCUT2D eigenvalue weighted by Crippen LogP contribution is 2.22. The summed E-state index contributed by atoms with van der Waals surface area (Å²) in [5.41, 5.74) is 5.63. The van der Waals surface area contributed by atoms with Crippen LogP contribution in [0, 0.1) is 27.7 Å². The third kappa shape index (κ3) is 3.02. The molecular formula is C17H18ClNO. The lowest BCUT2D eigenvalue weighted by Crippen LogP contribution is -2.16. The van der Waals surface area contributed by atoms with Gasteiger partial charge >= 0.3 is 0 Å². The number of nitrogens with one attached hydrogen (secondary N) is 1. The number of carbonyl (C=O) groups excluding carboxylic acids is 1. The summed E-state index contributed by atoms with van der Waals surface area (Å²) in [7, 11) is 0. The molecule has 0 unspecified atom stereocenters. The number of hydrogen-bond donors (Lipinski definition) is 1. The summed E-state index contributed by atoms with van der Waals surface area (Å²) in [4.78, 5) is 12.5. The van der Waals surface area contributed by atoms with Crippen molar-refractivity contribution >= 4 is 23.2 Å².